The number of carbonyl (C=O) groups is 2. The van der Waals surface area contributed by atoms with Gasteiger partial charge in [0.25, 0.3) is 0 Å². The normalized spacial score (nSPS) is 5.78. The first kappa shape index (κ1) is 16.4. The van der Waals surface area contributed by atoms with Crippen molar-refractivity contribution >= 4 is 73.1 Å². The van der Waals surface area contributed by atoms with Gasteiger partial charge in [-0.15, -0.1) is 0 Å². The molecule has 0 bridgehead atoms. The molecule has 5 nitrogen and oxygen atoms in total. The zero-order chi connectivity index (χ0) is 5.86. The Morgan fingerprint density at radius 1 is 1.22 bits per heavy atom. The fraction of sp³-hybridized carbons (Fsp3) is 0. The second-order valence-corrected chi connectivity index (χ2v) is 0.634. The molecule has 9 heavy (non-hydrogen) atoms. The fourth-order valence-corrected chi connectivity index (χ4v) is 0.0747. The molecule has 0 radical (unpaired) electrons. The SMILES string of the molecule is O=C(O)OC(=O)O.[Ca+2].[H-].[H-].[H-].[H-].[Mg+2]. The van der Waals surface area contributed by atoms with Crippen LogP contribution in [-0.2, 0) is 4.74 Å². The van der Waals surface area contributed by atoms with Crippen LogP contribution < -0.4 is 0 Å². The van der Waals surface area contributed by atoms with Gasteiger partial charge in [0.05, 0.1) is 0 Å². The maximum atomic E-state index is 9.21. The first-order valence-electron chi connectivity index (χ1n) is 1.26. The Morgan fingerprint density at radius 3 is 1.44 bits per heavy atom. The van der Waals surface area contributed by atoms with E-state index in [2.05, 4.69) is 4.74 Å². The largest absolute Gasteiger partial charge is 2.00 e. The van der Waals surface area contributed by atoms with Crippen LogP contribution in [0.2, 0.25) is 0 Å². The van der Waals surface area contributed by atoms with Gasteiger partial charge in [-0.05, 0) is 0 Å². The van der Waals surface area contributed by atoms with E-state index >= 15 is 0 Å². The van der Waals surface area contributed by atoms with Crippen molar-refractivity contribution in [2.45, 2.75) is 0 Å². The van der Waals surface area contributed by atoms with E-state index in [9.17, 15) is 9.59 Å². The summed E-state index contributed by atoms with van der Waals surface area (Å²) in [7, 11) is 0. The number of rotatable bonds is 0. The van der Waals surface area contributed by atoms with Crippen LogP contribution in [0.3, 0.4) is 0 Å². The van der Waals surface area contributed by atoms with E-state index in [1.807, 2.05) is 0 Å². The van der Waals surface area contributed by atoms with Gasteiger partial charge in [-0.3, -0.25) is 0 Å². The van der Waals surface area contributed by atoms with E-state index < -0.39 is 12.3 Å². The smallest absolute Gasteiger partial charge is 1.00 e. The summed E-state index contributed by atoms with van der Waals surface area (Å²) in [5.41, 5.74) is 0. The van der Waals surface area contributed by atoms with Crippen molar-refractivity contribution in [1.82, 2.24) is 0 Å². The third-order valence-electron chi connectivity index (χ3n) is 0.175. The number of carboxylic acid groups (broad SMARTS) is 2. The standard InChI is InChI=1S/C2H2O5.Ca.Mg.4H/c3-1(4)7-2(5)6;;;;;;/h(H,3,4)(H,5,6);;;;;;/q;2*+2;4*-1. The minimum absolute atomic E-state index is 0. The zero-order valence-electron chi connectivity index (χ0n) is 8.53. The first-order valence-corrected chi connectivity index (χ1v) is 1.26. The van der Waals surface area contributed by atoms with Crippen molar-refractivity contribution in [2.24, 2.45) is 0 Å². The van der Waals surface area contributed by atoms with Crippen molar-refractivity contribution in [3.63, 3.8) is 0 Å². The maximum absolute atomic E-state index is 9.21. The summed E-state index contributed by atoms with van der Waals surface area (Å²) < 4.78 is 3.08. The molecule has 0 rings (SSSR count). The van der Waals surface area contributed by atoms with Crippen LogP contribution in [0.1, 0.15) is 5.71 Å². The molecule has 0 aromatic carbocycles. The molecule has 2 N–H and O–H groups in total. The predicted octanol–water partition coefficient (Wildman–Crippen LogP) is 0.0474. The van der Waals surface area contributed by atoms with Gasteiger partial charge in [0.1, 0.15) is 0 Å². The molecule has 0 atom stereocenters. The quantitative estimate of drug-likeness (QED) is 0.308. The van der Waals surface area contributed by atoms with E-state index in [1.165, 1.54) is 0 Å². The monoisotopic (exact) mass is 174 g/mol. The van der Waals surface area contributed by atoms with Gasteiger partial charge in [0.15, 0.2) is 0 Å². The molecule has 0 fully saturated rings. The molecule has 0 aliphatic heterocycles. The van der Waals surface area contributed by atoms with Crippen LogP contribution in [0.5, 0.6) is 0 Å². The molecule has 48 valence electrons. The Hall–Kier alpha value is 0.766. The number of hydrogen-bond acceptors (Lipinski definition) is 3. The summed E-state index contributed by atoms with van der Waals surface area (Å²) in [6, 6.07) is 0. The van der Waals surface area contributed by atoms with Gasteiger partial charge in [-0.25, -0.2) is 9.59 Å². The van der Waals surface area contributed by atoms with Gasteiger partial charge in [-0.1, -0.05) is 0 Å². The van der Waals surface area contributed by atoms with E-state index in [1.54, 1.807) is 0 Å². The van der Waals surface area contributed by atoms with Crippen LogP contribution in [0.25, 0.3) is 0 Å². The minimum Gasteiger partial charge on any atom is -1.00 e. The van der Waals surface area contributed by atoms with Crippen molar-refractivity contribution in [3.8, 4) is 0 Å². The summed E-state index contributed by atoms with van der Waals surface area (Å²) in [5, 5.41) is 15.0. The summed E-state index contributed by atoms with van der Waals surface area (Å²) >= 11 is 0. The Balaban J connectivity index is -0.0000000120. The van der Waals surface area contributed by atoms with Crippen LogP contribution >= 0.6 is 0 Å². The molecule has 0 amide bonds. The molecular formula is C2H6CaMgO5. The van der Waals surface area contributed by atoms with E-state index in [4.69, 9.17) is 10.2 Å². The van der Waals surface area contributed by atoms with Crippen molar-refractivity contribution in [2.75, 3.05) is 0 Å². The number of ether oxygens (including phenoxy) is 1. The van der Waals surface area contributed by atoms with Crippen LogP contribution in [0, 0.1) is 0 Å². The molecule has 0 saturated heterocycles. The van der Waals surface area contributed by atoms with E-state index in [0.29, 0.717) is 0 Å². The maximum Gasteiger partial charge on any atom is 2.00 e. The Morgan fingerprint density at radius 2 is 1.44 bits per heavy atom. The molecule has 0 saturated carbocycles. The predicted molar refractivity (Wildman–Crippen MR) is 33.1 cm³/mol. The van der Waals surface area contributed by atoms with Crippen molar-refractivity contribution in [3.05, 3.63) is 0 Å². The molecule has 0 unspecified atom stereocenters. The second-order valence-electron chi connectivity index (χ2n) is 0.634. The molecule has 0 aliphatic rings. The van der Waals surface area contributed by atoms with Gasteiger partial charge in [-0.2, -0.15) is 0 Å². The van der Waals surface area contributed by atoms with Crippen molar-refractivity contribution in [1.29, 1.82) is 0 Å². The molecular weight excluding hydrogens is 168 g/mol. The Labute approximate surface area is 102 Å². The van der Waals surface area contributed by atoms with E-state index in [-0.39, 0.29) is 66.5 Å². The summed E-state index contributed by atoms with van der Waals surface area (Å²) in [5.74, 6) is 0. The summed E-state index contributed by atoms with van der Waals surface area (Å²) in [6.45, 7) is 0. The van der Waals surface area contributed by atoms with Gasteiger partial charge in [0, 0.05) is 0 Å². The molecule has 0 heterocycles. The van der Waals surface area contributed by atoms with E-state index in [0.717, 1.165) is 0 Å². The topological polar surface area (TPSA) is 83.8 Å². The summed E-state index contributed by atoms with van der Waals surface area (Å²) in [6.07, 6.45) is -3.62. The fourth-order valence-electron chi connectivity index (χ4n) is 0.0747. The molecule has 0 aliphatic carbocycles. The third-order valence-corrected chi connectivity index (χ3v) is 0.175. The van der Waals surface area contributed by atoms with Crippen LogP contribution in [0.4, 0.5) is 9.59 Å². The first-order chi connectivity index (χ1) is 3.13. The Bertz CT molecular complexity index is 103. The van der Waals surface area contributed by atoms with Gasteiger partial charge >= 0.3 is 73.1 Å². The summed E-state index contributed by atoms with van der Waals surface area (Å²) in [4.78, 5) is 18.4. The average Bonchev–Trinajstić information content (AvgIpc) is 1.27. The van der Waals surface area contributed by atoms with Crippen molar-refractivity contribution < 1.29 is 30.2 Å². The van der Waals surface area contributed by atoms with Gasteiger partial charge < -0.3 is 20.7 Å². The molecule has 7 heteroatoms. The number of hydrogen-bond donors (Lipinski definition) is 2. The average molecular weight is 174 g/mol. The third kappa shape index (κ3) is 17.7. The molecule has 0 aromatic heterocycles. The van der Waals surface area contributed by atoms with Crippen LogP contribution in [-0.4, -0.2) is 83.3 Å². The molecule has 0 aromatic rings. The second kappa shape index (κ2) is 8.77. The van der Waals surface area contributed by atoms with Crippen LogP contribution in [0.15, 0.2) is 0 Å². The Kier molecular flexibility index (Phi) is 16.0. The minimum atomic E-state index is -1.81. The zero-order valence-corrected chi connectivity index (χ0v) is 8.16. The molecule has 0 spiro atoms. The van der Waals surface area contributed by atoms with Gasteiger partial charge in [0.2, 0.25) is 0 Å².